The SMILES string of the molecule is Nc1ccc2c(cnn2-c2cccc(C(=O)NCCN3CCOCC3)c2)c1. The summed E-state index contributed by atoms with van der Waals surface area (Å²) in [5.74, 6) is -0.0779. The van der Waals surface area contributed by atoms with Crippen LogP contribution in [0.2, 0.25) is 0 Å². The molecule has 1 aliphatic rings. The van der Waals surface area contributed by atoms with Gasteiger partial charge in [0, 0.05) is 42.8 Å². The fraction of sp³-hybridized carbons (Fsp3) is 0.300. The molecule has 3 N–H and O–H groups in total. The number of nitrogen functional groups attached to an aromatic ring is 1. The fourth-order valence-electron chi connectivity index (χ4n) is 3.29. The highest BCUT2D eigenvalue weighted by molar-refractivity contribution is 5.95. The van der Waals surface area contributed by atoms with Crippen molar-refractivity contribution in [2.75, 3.05) is 45.1 Å². The minimum atomic E-state index is -0.0779. The van der Waals surface area contributed by atoms with Crippen LogP contribution >= 0.6 is 0 Å². The van der Waals surface area contributed by atoms with Crippen molar-refractivity contribution in [1.29, 1.82) is 0 Å². The van der Waals surface area contributed by atoms with Crippen molar-refractivity contribution in [3.05, 3.63) is 54.2 Å². The normalized spacial score (nSPS) is 15.1. The Morgan fingerprint density at radius 3 is 2.89 bits per heavy atom. The number of carbonyl (C=O) groups excluding carboxylic acids is 1. The van der Waals surface area contributed by atoms with E-state index in [4.69, 9.17) is 10.5 Å². The lowest BCUT2D eigenvalue weighted by atomic mass is 10.2. The number of nitrogens with zero attached hydrogens (tertiary/aromatic N) is 3. The molecule has 1 fully saturated rings. The smallest absolute Gasteiger partial charge is 0.251 e. The zero-order valence-electron chi connectivity index (χ0n) is 15.1. The van der Waals surface area contributed by atoms with Gasteiger partial charge in [0.2, 0.25) is 0 Å². The highest BCUT2D eigenvalue weighted by Gasteiger charge is 2.12. The molecule has 1 amide bonds. The first-order chi connectivity index (χ1) is 13.2. The lowest BCUT2D eigenvalue weighted by Gasteiger charge is -2.26. The monoisotopic (exact) mass is 365 g/mol. The molecule has 0 radical (unpaired) electrons. The highest BCUT2D eigenvalue weighted by Crippen LogP contribution is 2.21. The van der Waals surface area contributed by atoms with Crippen LogP contribution in [0.5, 0.6) is 0 Å². The van der Waals surface area contributed by atoms with Crippen LogP contribution in [0.3, 0.4) is 0 Å². The molecule has 0 bridgehead atoms. The molecule has 7 nitrogen and oxygen atoms in total. The van der Waals surface area contributed by atoms with Crippen LogP contribution in [-0.4, -0.2) is 60.0 Å². The summed E-state index contributed by atoms with van der Waals surface area (Å²) in [6.45, 7) is 4.82. The molecule has 0 spiro atoms. The molecule has 0 saturated carbocycles. The predicted octanol–water partition coefficient (Wildman–Crippen LogP) is 1.67. The van der Waals surface area contributed by atoms with E-state index < -0.39 is 0 Å². The Hall–Kier alpha value is -2.90. The molecular weight excluding hydrogens is 342 g/mol. The molecule has 140 valence electrons. The molecule has 7 heteroatoms. The van der Waals surface area contributed by atoms with Gasteiger partial charge >= 0.3 is 0 Å². The Bertz CT molecular complexity index is 946. The number of anilines is 1. The first-order valence-electron chi connectivity index (χ1n) is 9.13. The molecule has 0 atom stereocenters. The van der Waals surface area contributed by atoms with Crippen molar-refractivity contribution in [2.45, 2.75) is 0 Å². The lowest BCUT2D eigenvalue weighted by Crippen LogP contribution is -2.41. The molecule has 1 saturated heterocycles. The number of nitrogens with two attached hydrogens (primary N) is 1. The molecule has 2 heterocycles. The Labute approximate surface area is 157 Å². The molecule has 1 aliphatic heterocycles. The van der Waals surface area contributed by atoms with Gasteiger partial charge in [-0.05, 0) is 36.4 Å². The topological polar surface area (TPSA) is 85.4 Å². The van der Waals surface area contributed by atoms with Crippen molar-refractivity contribution >= 4 is 22.5 Å². The van der Waals surface area contributed by atoms with E-state index >= 15 is 0 Å². The van der Waals surface area contributed by atoms with Gasteiger partial charge in [0.1, 0.15) is 0 Å². The molecule has 0 unspecified atom stereocenters. The zero-order chi connectivity index (χ0) is 18.6. The largest absolute Gasteiger partial charge is 0.399 e. The average molecular weight is 365 g/mol. The summed E-state index contributed by atoms with van der Waals surface area (Å²) in [5, 5.41) is 8.41. The highest BCUT2D eigenvalue weighted by atomic mass is 16.5. The van der Waals surface area contributed by atoms with E-state index in [1.165, 1.54) is 0 Å². The van der Waals surface area contributed by atoms with Gasteiger partial charge in [0.15, 0.2) is 0 Å². The minimum absolute atomic E-state index is 0.0779. The number of nitrogens with one attached hydrogen (secondary N) is 1. The average Bonchev–Trinajstić information content (AvgIpc) is 3.12. The second kappa shape index (κ2) is 7.77. The number of amides is 1. The van der Waals surface area contributed by atoms with Gasteiger partial charge in [-0.3, -0.25) is 9.69 Å². The van der Waals surface area contributed by atoms with Crippen LogP contribution < -0.4 is 11.1 Å². The Balaban J connectivity index is 1.45. The van der Waals surface area contributed by atoms with E-state index in [1.54, 1.807) is 6.20 Å². The number of morpholine rings is 1. The Morgan fingerprint density at radius 1 is 1.19 bits per heavy atom. The quantitative estimate of drug-likeness (QED) is 0.672. The second-order valence-corrected chi connectivity index (χ2v) is 6.63. The number of hydrogen-bond acceptors (Lipinski definition) is 5. The third-order valence-electron chi connectivity index (χ3n) is 4.76. The standard InChI is InChI=1S/C20H23N5O2/c21-17-4-5-19-16(12-17)14-23-25(19)18-3-1-2-15(13-18)20(26)22-6-7-24-8-10-27-11-9-24/h1-5,12-14H,6-11,21H2,(H,22,26). The van der Waals surface area contributed by atoms with Gasteiger partial charge < -0.3 is 15.8 Å². The van der Waals surface area contributed by atoms with Gasteiger partial charge in [0.25, 0.3) is 5.91 Å². The Morgan fingerprint density at radius 2 is 2.04 bits per heavy atom. The molecule has 3 aromatic rings. The third-order valence-corrected chi connectivity index (χ3v) is 4.76. The zero-order valence-corrected chi connectivity index (χ0v) is 15.1. The van der Waals surface area contributed by atoms with E-state index in [-0.39, 0.29) is 5.91 Å². The fourth-order valence-corrected chi connectivity index (χ4v) is 3.29. The van der Waals surface area contributed by atoms with Crippen LogP contribution in [0.25, 0.3) is 16.6 Å². The van der Waals surface area contributed by atoms with Gasteiger partial charge in [-0.15, -0.1) is 0 Å². The summed E-state index contributed by atoms with van der Waals surface area (Å²) in [7, 11) is 0. The molecular formula is C20H23N5O2. The minimum Gasteiger partial charge on any atom is -0.399 e. The second-order valence-electron chi connectivity index (χ2n) is 6.63. The maximum absolute atomic E-state index is 12.5. The van der Waals surface area contributed by atoms with Gasteiger partial charge in [-0.2, -0.15) is 5.10 Å². The third kappa shape index (κ3) is 3.94. The number of hydrogen-bond donors (Lipinski definition) is 2. The molecule has 0 aliphatic carbocycles. The first-order valence-corrected chi connectivity index (χ1v) is 9.13. The maximum atomic E-state index is 12.5. The van der Waals surface area contributed by atoms with E-state index in [1.807, 2.05) is 47.1 Å². The summed E-state index contributed by atoms with van der Waals surface area (Å²) >= 11 is 0. The van der Waals surface area contributed by atoms with Crippen molar-refractivity contribution in [3.63, 3.8) is 0 Å². The number of fused-ring (bicyclic) bond motifs is 1. The van der Waals surface area contributed by atoms with Crippen LogP contribution in [0, 0.1) is 0 Å². The molecule has 4 rings (SSSR count). The van der Waals surface area contributed by atoms with E-state index in [2.05, 4.69) is 15.3 Å². The molecule has 1 aromatic heterocycles. The summed E-state index contributed by atoms with van der Waals surface area (Å²) < 4.78 is 7.16. The number of rotatable bonds is 5. The van der Waals surface area contributed by atoms with Crippen molar-refractivity contribution in [2.24, 2.45) is 0 Å². The van der Waals surface area contributed by atoms with Crippen LogP contribution in [0.15, 0.2) is 48.7 Å². The summed E-state index contributed by atoms with van der Waals surface area (Å²) in [6.07, 6.45) is 1.78. The van der Waals surface area contributed by atoms with E-state index in [0.717, 1.165) is 49.4 Å². The lowest BCUT2D eigenvalue weighted by molar-refractivity contribution is 0.0383. The molecule has 2 aromatic carbocycles. The summed E-state index contributed by atoms with van der Waals surface area (Å²) in [5.41, 5.74) is 8.95. The number of ether oxygens (including phenoxy) is 1. The summed E-state index contributed by atoms with van der Waals surface area (Å²) in [6, 6.07) is 13.2. The van der Waals surface area contributed by atoms with Crippen LogP contribution in [0.1, 0.15) is 10.4 Å². The molecule has 27 heavy (non-hydrogen) atoms. The van der Waals surface area contributed by atoms with Crippen LogP contribution in [0.4, 0.5) is 5.69 Å². The van der Waals surface area contributed by atoms with Crippen molar-refractivity contribution < 1.29 is 9.53 Å². The Kier molecular flexibility index (Phi) is 5.04. The van der Waals surface area contributed by atoms with Gasteiger partial charge in [0.05, 0.1) is 30.6 Å². The number of benzene rings is 2. The van der Waals surface area contributed by atoms with Crippen LogP contribution in [-0.2, 0) is 4.74 Å². The van der Waals surface area contributed by atoms with Gasteiger partial charge in [-0.25, -0.2) is 4.68 Å². The number of aromatic nitrogens is 2. The van der Waals surface area contributed by atoms with Crippen molar-refractivity contribution in [1.82, 2.24) is 20.0 Å². The van der Waals surface area contributed by atoms with E-state index in [0.29, 0.717) is 17.8 Å². The first kappa shape index (κ1) is 17.5. The van der Waals surface area contributed by atoms with Crippen molar-refractivity contribution in [3.8, 4) is 5.69 Å². The summed E-state index contributed by atoms with van der Waals surface area (Å²) in [4.78, 5) is 14.8. The number of carbonyl (C=O) groups is 1. The predicted molar refractivity (Wildman–Crippen MR) is 105 cm³/mol. The maximum Gasteiger partial charge on any atom is 0.251 e. The van der Waals surface area contributed by atoms with E-state index in [9.17, 15) is 4.79 Å². The van der Waals surface area contributed by atoms with Gasteiger partial charge in [-0.1, -0.05) is 6.07 Å².